The van der Waals surface area contributed by atoms with E-state index in [-0.39, 0.29) is 17.7 Å². The van der Waals surface area contributed by atoms with Gasteiger partial charge in [0.05, 0.1) is 26.2 Å². The first-order valence-corrected chi connectivity index (χ1v) is 10.7. The zero-order valence-corrected chi connectivity index (χ0v) is 18.1. The van der Waals surface area contributed by atoms with Crippen LogP contribution in [0.1, 0.15) is 28.5 Å². The van der Waals surface area contributed by atoms with Crippen LogP contribution in [0.4, 0.5) is 5.82 Å². The van der Waals surface area contributed by atoms with Gasteiger partial charge >= 0.3 is 0 Å². The lowest BCUT2D eigenvalue weighted by Gasteiger charge is -2.32. The Balaban J connectivity index is 1.52. The topological polar surface area (TPSA) is 83.2 Å². The van der Waals surface area contributed by atoms with Gasteiger partial charge in [0, 0.05) is 6.54 Å². The van der Waals surface area contributed by atoms with Crippen molar-refractivity contribution in [1.29, 1.82) is 0 Å². The molecule has 2 aromatic carbocycles. The molecule has 0 radical (unpaired) electrons. The Kier molecular flexibility index (Phi) is 5.05. The summed E-state index contributed by atoms with van der Waals surface area (Å²) in [5.74, 6) is 1.31. The van der Waals surface area contributed by atoms with E-state index in [9.17, 15) is 9.90 Å². The molecule has 1 amide bonds. The Morgan fingerprint density at radius 3 is 2.53 bits per heavy atom. The van der Waals surface area contributed by atoms with Crippen LogP contribution in [0.2, 0.25) is 0 Å². The quantitative estimate of drug-likeness (QED) is 0.649. The predicted molar refractivity (Wildman–Crippen MR) is 121 cm³/mol. The molecule has 2 aliphatic heterocycles. The van der Waals surface area contributed by atoms with Crippen molar-refractivity contribution in [2.24, 2.45) is 4.99 Å². The Labute approximate surface area is 186 Å². The number of guanidine groups is 1. The minimum Gasteiger partial charge on any atom is -0.508 e. The summed E-state index contributed by atoms with van der Waals surface area (Å²) < 4.78 is 7.35. The van der Waals surface area contributed by atoms with Crippen molar-refractivity contribution in [1.82, 2.24) is 14.5 Å². The zero-order chi connectivity index (χ0) is 22.2. The molecule has 0 saturated carbocycles. The molecular formula is C24H25N5O3. The summed E-state index contributed by atoms with van der Waals surface area (Å²) in [5.41, 5.74) is 2.64. The number of ether oxygens (including phenoxy) is 1. The number of benzene rings is 2. The number of carbonyl (C=O) groups excluding carboxylic acids is 1. The van der Waals surface area contributed by atoms with E-state index in [0.29, 0.717) is 43.1 Å². The summed E-state index contributed by atoms with van der Waals surface area (Å²) in [6, 6.07) is 17.6. The van der Waals surface area contributed by atoms with Gasteiger partial charge in [-0.05, 0) is 36.6 Å². The van der Waals surface area contributed by atoms with E-state index in [1.54, 1.807) is 28.7 Å². The van der Waals surface area contributed by atoms with Crippen molar-refractivity contribution in [3.63, 3.8) is 0 Å². The number of rotatable bonds is 6. The number of carbonyl (C=O) groups is 1. The van der Waals surface area contributed by atoms with Crippen LogP contribution in [-0.2, 0) is 13.0 Å². The van der Waals surface area contributed by atoms with Crippen molar-refractivity contribution < 1.29 is 14.6 Å². The third-order valence-electron chi connectivity index (χ3n) is 5.88. The second kappa shape index (κ2) is 8.03. The van der Waals surface area contributed by atoms with E-state index in [1.165, 1.54) is 5.56 Å². The molecule has 8 heteroatoms. The molecule has 0 saturated heterocycles. The lowest BCUT2D eigenvalue weighted by atomic mass is 10.1. The maximum absolute atomic E-state index is 13.5. The molecule has 5 rings (SSSR count). The fourth-order valence-electron chi connectivity index (χ4n) is 4.37. The number of amides is 1. The number of fused-ring (bicyclic) bond motifs is 3. The van der Waals surface area contributed by atoms with Gasteiger partial charge in [0.25, 0.3) is 11.9 Å². The van der Waals surface area contributed by atoms with Crippen LogP contribution >= 0.6 is 0 Å². The first-order valence-electron chi connectivity index (χ1n) is 10.7. The third kappa shape index (κ3) is 3.37. The molecule has 1 N–H and O–H groups in total. The van der Waals surface area contributed by atoms with Crippen LogP contribution < -0.4 is 9.64 Å². The summed E-state index contributed by atoms with van der Waals surface area (Å²) in [5, 5.41) is 9.59. The molecule has 0 bridgehead atoms. The lowest BCUT2D eigenvalue weighted by Crippen LogP contribution is -2.50. The normalized spacial score (nSPS) is 17.2. The number of hydrogen-bond donors (Lipinski definition) is 1. The number of aliphatic imine (C=N–C) groups is 1. The largest absolute Gasteiger partial charge is 0.508 e. The smallest absolute Gasteiger partial charge is 0.299 e. The molecule has 0 fully saturated rings. The van der Waals surface area contributed by atoms with Crippen molar-refractivity contribution in [3.05, 3.63) is 71.4 Å². The predicted octanol–water partition coefficient (Wildman–Crippen LogP) is 2.91. The van der Waals surface area contributed by atoms with Gasteiger partial charge in [-0.15, -0.1) is 0 Å². The highest BCUT2D eigenvalue weighted by molar-refractivity contribution is 6.18. The average molecular weight is 431 g/mol. The number of phenolic OH excluding ortho intramolecular Hbond substituents is 1. The number of phenols is 1. The van der Waals surface area contributed by atoms with Gasteiger partial charge in [-0.1, -0.05) is 42.5 Å². The number of anilines is 1. The molecule has 32 heavy (non-hydrogen) atoms. The lowest BCUT2D eigenvalue weighted by molar-refractivity contribution is 0.0835. The number of nitrogens with zero attached hydrogens (tertiary/aromatic N) is 5. The van der Waals surface area contributed by atoms with Gasteiger partial charge in [-0.2, -0.15) is 4.98 Å². The van der Waals surface area contributed by atoms with Gasteiger partial charge in [0.1, 0.15) is 5.75 Å². The van der Waals surface area contributed by atoms with Gasteiger partial charge < -0.3 is 9.84 Å². The molecular weight excluding hydrogens is 406 g/mol. The second-order valence-electron chi connectivity index (χ2n) is 7.96. The number of hydrogen-bond acceptors (Lipinski definition) is 6. The van der Waals surface area contributed by atoms with Crippen LogP contribution in [0.5, 0.6) is 11.8 Å². The number of aromatic nitrogens is 2. The number of methoxy groups -OCH3 is 1. The van der Waals surface area contributed by atoms with Crippen LogP contribution in [-0.4, -0.2) is 57.7 Å². The Hall–Kier alpha value is -3.81. The molecule has 3 aromatic rings. The van der Waals surface area contributed by atoms with Crippen LogP contribution in [0.15, 0.2) is 59.6 Å². The number of imidazole rings is 1. The van der Waals surface area contributed by atoms with E-state index >= 15 is 0 Å². The molecule has 0 aliphatic carbocycles. The van der Waals surface area contributed by atoms with Crippen molar-refractivity contribution in [2.45, 2.75) is 25.9 Å². The van der Waals surface area contributed by atoms with E-state index in [0.717, 1.165) is 12.0 Å². The van der Waals surface area contributed by atoms with Gasteiger partial charge in [0.15, 0.2) is 11.5 Å². The Morgan fingerprint density at radius 1 is 1.09 bits per heavy atom. The van der Waals surface area contributed by atoms with Crippen LogP contribution in [0.3, 0.4) is 0 Å². The summed E-state index contributed by atoms with van der Waals surface area (Å²) in [4.78, 5) is 26.8. The Morgan fingerprint density at radius 2 is 1.84 bits per heavy atom. The third-order valence-corrected chi connectivity index (χ3v) is 5.88. The Bertz CT molecular complexity index is 1170. The monoisotopic (exact) mass is 431 g/mol. The minimum atomic E-state index is -0.132. The van der Waals surface area contributed by atoms with Crippen molar-refractivity contribution in [3.8, 4) is 11.8 Å². The van der Waals surface area contributed by atoms with Gasteiger partial charge in [-0.25, -0.2) is 4.99 Å². The average Bonchev–Trinajstić information content (AvgIpc) is 3.38. The minimum absolute atomic E-state index is 0.0356. The first-order chi connectivity index (χ1) is 15.6. The van der Waals surface area contributed by atoms with E-state index < -0.39 is 0 Å². The highest BCUT2D eigenvalue weighted by Crippen LogP contribution is 2.35. The molecule has 8 nitrogen and oxygen atoms in total. The van der Waals surface area contributed by atoms with Gasteiger partial charge in [0.2, 0.25) is 5.96 Å². The number of aromatic hydroxyl groups is 1. The molecule has 1 aromatic heterocycles. The van der Waals surface area contributed by atoms with Crippen LogP contribution in [0.25, 0.3) is 0 Å². The molecule has 1 atom stereocenters. The summed E-state index contributed by atoms with van der Waals surface area (Å²) in [6.07, 6.45) is 0.799. The maximum atomic E-state index is 13.5. The van der Waals surface area contributed by atoms with Crippen LogP contribution in [0, 0.1) is 0 Å². The summed E-state index contributed by atoms with van der Waals surface area (Å²) >= 11 is 0. The van der Waals surface area contributed by atoms with Crippen molar-refractivity contribution >= 4 is 17.7 Å². The molecule has 164 valence electrons. The van der Waals surface area contributed by atoms with E-state index in [1.807, 2.05) is 42.2 Å². The highest BCUT2D eigenvalue weighted by Gasteiger charge is 2.43. The van der Waals surface area contributed by atoms with E-state index in [2.05, 4.69) is 17.1 Å². The second-order valence-corrected chi connectivity index (χ2v) is 7.96. The zero-order valence-electron chi connectivity index (χ0n) is 18.1. The summed E-state index contributed by atoms with van der Waals surface area (Å²) in [6.45, 7) is 3.52. The van der Waals surface area contributed by atoms with Gasteiger partial charge in [-0.3, -0.25) is 19.2 Å². The SMILES string of the molecule is CCN1C(=O)c2c(nc(OC)n2Cc2ccc(O)cc2)N2C[C@@H](Cc3ccccc3)N=C12. The standard InChI is InChI=1S/C24H25N5O3/c1-3-27-22(31)20-21(26-24(32-2)28(20)14-17-9-11-19(30)12-10-17)29-15-18(25-23(27)29)13-16-7-5-4-6-8-16/h4-12,18,30H,3,13-15H2,1-2H3/t18-/m1/s1. The first kappa shape index (κ1) is 20.1. The fraction of sp³-hybridized carbons (Fsp3) is 0.292. The summed E-state index contributed by atoms with van der Waals surface area (Å²) in [7, 11) is 1.56. The molecule has 0 spiro atoms. The van der Waals surface area contributed by atoms with E-state index in [4.69, 9.17) is 9.73 Å². The molecule has 3 heterocycles. The maximum Gasteiger partial charge on any atom is 0.299 e. The highest BCUT2D eigenvalue weighted by atomic mass is 16.5. The van der Waals surface area contributed by atoms with Crippen molar-refractivity contribution in [2.75, 3.05) is 25.1 Å². The molecule has 2 aliphatic rings. The fourth-order valence-corrected chi connectivity index (χ4v) is 4.37. The molecule has 0 unspecified atom stereocenters.